The number of rotatable bonds is 50. The first kappa shape index (κ1) is 110. The van der Waals surface area contributed by atoms with E-state index < -0.39 is 119 Å². The fourth-order valence-corrected chi connectivity index (χ4v) is 30.0. The van der Waals surface area contributed by atoms with Crippen LogP contribution in [0.15, 0.2) is 52.2 Å². The minimum Gasteiger partial charge on any atom is -0.448 e. The molecule has 1 amide bonds. The Bertz CT molecular complexity index is 3350. The fraction of sp³-hybridized carbons (Fsp3) is 0.856. The molecule has 3 heterocycles. The molecule has 1 aromatic heterocycles. The van der Waals surface area contributed by atoms with Gasteiger partial charge in [-0.15, -0.1) is 0 Å². The number of methoxy groups -OCH3 is 2. The van der Waals surface area contributed by atoms with Crippen molar-refractivity contribution in [1.82, 2.24) is 15.2 Å². The molecule has 2 saturated heterocycles. The van der Waals surface area contributed by atoms with Gasteiger partial charge in [0.15, 0.2) is 65.2 Å². The molecule has 19 nitrogen and oxygen atoms in total. The molecule has 2 aliphatic heterocycles. The average Bonchev–Trinajstić information content (AvgIpc) is 1.55. The van der Waals surface area contributed by atoms with E-state index in [0.29, 0.717) is 56.0 Å². The maximum absolute atomic E-state index is 16.2. The second-order valence-corrected chi connectivity index (χ2v) is 80.3. The summed E-state index contributed by atoms with van der Waals surface area (Å²) < 4.78 is 110. The standard InChI is InChI=1S/C90H178N3O16PSi7/c1-43-116(44-2,64(5)6)108-80(74(63-97-29)93(27)28)82(109-117(45-3,46-4)65(7)8)84(95)91-54-53-67(10)85-92-73(62-99-85)51-48-52-75-71(14)78(106-114(39,40)87(19,20)21)61-90(102-75)89(25,26)83(104-110(96,100-55-57-111(31,32)33)101-56-58-112(34,35)36)81(103-90)77(98-30)60-76(105-113(37,38)86(16,17)18)72(15)79(107-115(41,42)88(22,23)24)69(12)59-68(11)66(9)49-47-50-70(13)94/h47-51,59,62,64-65,67,69,71-72,74-83H,43-46,52-58,60-61,63H2,1-42H3,(H,91,95)/b50-47+,51-48+,66-49+,68-59+/t67-,69+,71+,72-,74-,75-,76-,77-,78+,79+,80-,81+,82-,83-,90+/m1/s1. The molecular weight excluding hydrogens is 1610 g/mol. The van der Waals surface area contributed by atoms with Crippen LogP contribution >= 0.6 is 7.82 Å². The molecule has 682 valence electrons. The van der Waals surface area contributed by atoms with E-state index >= 15 is 9.36 Å². The smallest absolute Gasteiger partial charge is 0.448 e. The third-order valence-electron chi connectivity index (χ3n) is 27.7. The van der Waals surface area contributed by atoms with Gasteiger partial charge in [0.1, 0.15) is 24.2 Å². The number of oxazole rings is 1. The van der Waals surface area contributed by atoms with Gasteiger partial charge in [-0.2, -0.15) is 0 Å². The molecule has 117 heavy (non-hydrogen) atoms. The van der Waals surface area contributed by atoms with Gasteiger partial charge < -0.3 is 55.7 Å². The van der Waals surface area contributed by atoms with E-state index in [0.717, 1.165) is 47.4 Å². The first-order valence-corrected chi connectivity index (χ1v) is 67.2. The minimum absolute atomic E-state index is 0.00511. The molecule has 1 spiro atoms. The van der Waals surface area contributed by atoms with E-state index in [1.807, 2.05) is 32.3 Å². The van der Waals surface area contributed by atoms with Crippen LogP contribution in [0.1, 0.15) is 223 Å². The van der Waals surface area contributed by atoms with Gasteiger partial charge in [-0.3, -0.25) is 23.2 Å². The molecule has 0 aromatic carbocycles. The van der Waals surface area contributed by atoms with Crippen LogP contribution < -0.4 is 5.32 Å². The van der Waals surface area contributed by atoms with Crippen molar-refractivity contribution < 1.29 is 73.2 Å². The second kappa shape index (κ2) is 44.8. The monoisotopic (exact) mass is 1780 g/mol. The number of carbonyl (C=O) groups is 2. The number of amides is 1. The average molecular weight is 1790 g/mol. The Hall–Kier alpha value is -1.46. The molecule has 0 radical (unpaired) electrons. The quantitative estimate of drug-likeness (QED) is 0.0279. The number of phosphoric ester groups is 1. The molecule has 1 N–H and O–H groups in total. The van der Waals surface area contributed by atoms with Crippen molar-refractivity contribution in [2.45, 2.75) is 419 Å². The van der Waals surface area contributed by atoms with Crippen molar-refractivity contribution in [3.8, 4) is 0 Å². The van der Waals surface area contributed by atoms with Gasteiger partial charge >= 0.3 is 7.82 Å². The molecule has 2 fully saturated rings. The number of nitrogens with one attached hydrogen (secondary N) is 1. The Morgan fingerprint density at radius 3 is 1.68 bits per heavy atom. The summed E-state index contributed by atoms with van der Waals surface area (Å²) >= 11 is 0. The fourth-order valence-electron chi connectivity index (χ4n) is 15.4. The van der Waals surface area contributed by atoms with Crippen LogP contribution in [0, 0.1) is 23.2 Å². The van der Waals surface area contributed by atoms with Crippen molar-refractivity contribution in [2.24, 2.45) is 23.2 Å². The summed E-state index contributed by atoms with van der Waals surface area (Å²) in [5.41, 5.74) is 2.33. The molecule has 27 heteroatoms. The van der Waals surface area contributed by atoms with E-state index in [-0.39, 0.29) is 87.5 Å². The topological polar surface area (TPSA) is 203 Å². The largest absolute Gasteiger partial charge is 0.475 e. The van der Waals surface area contributed by atoms with Crippen molar-refractivity contribution in [3.63, 3.8) is 0 Å². The van der Waals surface area contributed by atoms with Crippen molar-refractivity contribution in [1.29, 1.82) is 0 Å². The highest BCUT2D eigenvalue weighted by Crippen LogP contribution is 2.63. The number of hydrogen-bond donors (Lipinski definition) is 1. The lowest BCUT2D eigenvalue weighted by atomic mass is 9.72. The summed E-state index contributed by atoms with van der Waals surface area (Å²) in [6.45, 7) is 86.2. The van der Waals surface area contributed by atoms with Gasteiger partial charge in [-0.25, -0.2) is 9.55 Å². The summed E-state index contributed by atoms with van der Waals surface area (Å²) in [7, 11) is -12.8. The van der Waals surface area contributed by atoms with Gasteiger partial charge in [0.05, 0.1) is 62.5 Å². The van der Waals surface area contributed by atoms with Crippen LogP contribution in [0.4, 0.5) is 0 Å². The van der Waals surface area contributed by atoms with Crippen LogP contribution in [0.2, 0.25) is 141 Å². The van der Waals surface area contributed by atoms with Gasteiger partial charge in [-0.05, 0) is 173 Å². The van der Waals surface area contributed by atoms with E-state index in [4.69, 9.17) is 64.0 Å². The Morgan fingerprint density at radius 1 is 0.709 bits per heavy atom. The number of ether oxygens (including phenoxy) is 4. The molecule has 0 aliphatic carbocycles. The molecule has 0 bridgehead atoms. The van der Waals surface area contributed by atoms with E-state index in [9.17, 15) is 4.79 Å². The molecule has 0 unspecified atom stereocenters. The van der Waals surface area contributed by atoms with Crippen LogP contribution in [0.3, 0.4) is 0 Å². The van der Waals surface area contributed by atoms with Gasteiger partial charge in [-0.1, -0.05) is 228 Å². The Balaban J connectivity index is 2.39. The minimum atomic E-state index is -4.40. The predicted molar refractivity (Wildman–Crippen MR) is 507 cm³/mol. The SMILES string of the molecule is CC[Si](CC)(O[C@H]([C@@H](COC)N(C)C)[C@@H](O[Si](CC)(CC)C(C)C)C(=O)NCC[C@@H](C)c1nc(/C=C/C[C@H]2O[C@@]3(C[C@H](O[Si](C)(C)C(C)(C)C)[C@H]2C)O[C@@H]([C@@H](C[C@@H](O[Si](C)(C)C(C)(C)C)[C@@H](C)[C@@H](O[Si](C)(C)C(C)(C)C)[C@@H](C)/C=C(C)/C(C)=C/C=C/C(C)=O)OC)[C@@H](OP(=O)(OCC[Si](C)(C)C)OCC[Si](C)(C)C)C3(C)C)co1)C(C)C. The molecule has 15 atom stereocenters. The maximum atomic E-state index is 16.2. The Kier molecular flexibility index (Phi) is 42.0. The number of phosphoric acid groups is 1. The van der Waals surface area contributed by atoms with Crippen LogP contribution in [0.5, 0.6) is 0 Å². The van der Waals surface area contributed by atoms with Crippen LogP contribution in [0.25, 0.3) is 6.08 Å². The molecule has 2 aliphatic rings. The number of likely N-dealkylation sites (N-methyl/N-ethyl adjacent to an activating group) is 1. The number of hydrogen-bond acceptors (Lipinski definition) is 18. The number of ketones is 1. The first-order valence-electron chi connectivity index (χ1n) is 44.8. The Morgan fingerprint density at radius 2 is 1.22 bits per heavy atom. The molecule has 0 saturated carbocycles. The Labute approximate surface area is 723 Å². The third kappa shape index (κ3) is 30.7. The molecule has 1 aromatic rings. The predicted octanol–water partition coefficient (Wildman–Crippen LogP) is 24.5. The highest BCUT2D eigenvalue weighted by Gasteiger charge is 2.69. The third-order valence-corrected chi connectivity index (χ3v) is 56.6. The first-order chi connectivity index (χ1) is 53.3. The zero-order valence-corrected chi connectivity index (χ0v) is 90.4. The van der Waals surface area contributed by atoms with Gasteiger partial charge in [0.2, 0.25) is 0 Å². The van der Waals surface area contributed by atoms with Crippen molar-refractivity contribution >= 4 is 83.3 Å². The summed E-state index contributed by atoms with van der Waals surface area (Å²) in [6.07, 6.45) is 9.64. The van der Waals surface area contributed by atoms with Gasteiger partial charge in [0.25, 0.3) is 5.91 Å². The number of allylic oxidation sites excluding steroid dienone is 5. The normalized spacial score (nSPS) is 22.9. The second-order valence-electron chi connectivity index (χ2n) is 43.3. The van der Waals surface area contributed by atoms with E-state index in [2.05, 4.69) is 274 Å². The van der Waals surface area contributed by atoms with Crippen molar-refractivity contribution in [3.05, 3.63) is 59.4 Å². The number of carbonyl (C=O) groups excluding carboxylic acids is 2. The van der Waals surface area contributed by atoms with Crippen molar-refractivity contribution in [2.75, 3.05) is 54.7 Å². The van der Waals surface area contributed by atoms with Gasteiger partial charge in [0, 0.05) is 72.9 Å². The number of aromatic nitrogens is 1. The lowest BCUT2D eigenvalue weighted by molar-refractivity contribution is -0.333. The summed E-state index contributed by atoms with van der Waals surface area (Å²) in [5.74, 6) is -1.59. The molecular formula is C90H178N3O16PSi7. The zero-order chi connectivity index (χ0) is 90.2. The highest BCUT2D eigenvalue weighted by molar-refractivity contribution is 7.48. The summed E-state index contributed by atoms with van der Waals surface area (Å²) in [5, 5.41) is 2.92. The van der Waals surface area contributed by atoms with E-state index in [1.54, 1.807) is 33.5 Å². The summed E-state index contributed by atoms with van der Waals surface area (Å²) in [4.78, 5) is 34.4. The molecule has 3 rings (SSSR count). The lowest BCUT2D eigenvalue weighted by Crippen LogP contribution is -2.62. The lowest BCUT2D eigenvalue weighted by Gasteiger charge is -2.53. The summed E-state index contributed by atoms with van der Waals surface area (Å²) in [6, 6.07) is 4.85. The van der Waals surface area contributed by atoms with Crippen LogP contribution in [-0.2, 0) is 68.8 Å². The highest BCUT2D eigenvalue weighted by atomic mass is 31.2. The number of nitrogens with zero attached hydrogens (tertiary/aromatic N) is 2. The van der Waals surface area contributed by atoms with E-state index in [1.165, 1.54) is 0 Å². The van der Waals surface area contributed by atoms with Crippen LogP contribution in [-0.4, -0.2) is 201 Å². The maximum Gasteiger partial charge on any atom is 0.475 e. The zero-order valence-electron chi connectivity index (χ0n) is 82.6.